The largest absolute Gasteiger partial charge is 0.370 e. The van der Waals surface area contributed by atoms with Crippen molar-refractivity contribution in [1.29, 1.82) is 0 Å². The molecule has 0 amide bonds. The van der Waals surface area contributed by atoms with Gasteiger partial charge in [-0.05, 0) is 30.5 Å². The van der Waals surface area contributed by atoms with Gasteiger partial charge in [-0.1, -0.05) is 41.9 Å². The van der Waals surface area contributed by atoms with Crippen molar-refractivity contribution in [2.45, 2.75) is 33.3 Å². The second-order valence-electron chi connectivity index (χ2n) is 4.39. The summed E-state index contributed by atoms with van der Waals surface area (Å²) in [6, 6.07) is 7.83. The van der Waals surface area contributed by atoms with Crippen LogP contribution in [0.4, 0.5) is 0 Å². The molecule has 0 aliphatic heterocycles. The average Bonchev–Trinajstić information content (AvgIpc) is 2.25. The van der Waals surface area contributed by atoms with Gasteiger partial charge in [0.25, 0.3) is 0 Å². The van der Waals surface area contributed by atoms with Crippen molar-refractivity contribution in [1.82, 2.24) is 0 Å². The first-order chi connectivity index (χ1) is 8.04. The summed E-state index contributed by atoms with van der Waals surface area (Å²) in [7, 11) is 0. The lowest BCUT2D eigenvalue weighted by Gasteiger charge is -2.19. The van der Waals surface area contributed by atoms with Crippen molar-refractivity contribution < 1.29 is 9.53 Å². The number of carbonyl (C=O) groups is 1. The molecular formula is C14H19BrO2. The van der Waals surface area contributed by atoms with E-state index < -0.39 is 0 Å². The molecule has 0 aromatic heterocycles. The highest BCUT2D eigenvalue weighted by molar-refractivity contribution is 9.10. The standard InChI is InChI=1S/C14H19BrO2/c1-4-17-14(10(2)3)13(16)9-11-6-5-7-12(15)8-11/h5-8,10,14H,4,9H2,1-3H3. The Morgan fingerprint density at radius 1 is 1.41 bits per heavy atom. The molecule has 0 aliphatic rings. The predicted octanol–water partition coefficient (Wildman–Crippen LogP) is 3.62. The van der Waals surface area contributed by atoms with Crippen molar-refractivity contribution in [2.75, 3.05) is 6.61 Å². The number of hydrogen-bond acceptors (Lipinski definition) is 2. The summed E-state index contributed by atoms with van der Waals surface area (Å²) in [5, 5.41) is 0. The first-order valence-corrected chi connectivity index (χ1v) is 6.72. The normalized spacial score (nSPS) is 12.8. The van der Waals surface area contributed by atoms with Gasteiger partial charge in [0.15, 0.2) is 5.78 Å². The second kappa shape index (κ2) is 6.92. The summed E-state index contributed by atoms with van der Waals surface area (Å²) in [5.41, 5.74) is 1.02. The molecule has 3 heteroatoms. The molecule has 0 saturated carbocycles. The fourth-order valence-electron chi connectivity index (χ4n) is 1.79. The first-order valence-electron chi connectivity index (χ1n) is 5.93. The molecule has 0 radical (unpaired) electrons. The number of carbonyl (C=O) groups excluding carboxylic acids is 1. The highest BCUT2D eigenvalue weighted by Gasteiger charge is 2.22. The molecule has 0 spiro atoms. The van der Waals surface area contributed by atoms with Gasteiger partial charge in [-0.3, -0.25) is 4.79 Å². The van der Waals surface area contributed by atoms with E-state index in [1.807, 2.05) is 45.0 Å². The molecule has 0 saturated heterocycles. The lowest BCUT2D eigenvalue weighted by atomic mass is 9.98. The van der Waals surface area contributed by atoms with Crippen LogP contribution in [0.5, 0.6) is 0 Å². The second-order valence-corrected chi connectivity index (χ2v) is 5.31. The number of halogens is 1. The maximum absolute atomic E-state index is 12.1. The van der Waals surface area contributed by atoms with E-state index in [1.165, 1.54) is 0 Å². The molecule has 94 valence electrons. The Kier molecular flexibility index (Phi) is 5.86. The molecule has 1 unspecified atom stereocenters. The van der Waals surface area contributed by atoms with E-state index >= 15 is 0 Å². The van der Waals surface area contributed by atoms with Crippen LogP contribution in [0.2, 0.25) is 0 Å². The van der Waals surface area contributed by atoms with Crippen LogP contribution in [0.1, 0.15) is 26.3 Å². The molecule has 0 bridgehead atoms. The van der Waals surface area contributed by atoms with Crippen molar-refractivity contribution in [3.63, 3.8) is 0 Å². The number of ketones is 1. The number of benzene rings is 1. The Morgan fingerprint density at radius 3 is 2.65 bits per heavy atom. The summed E-state index contributed by atoms with van der Waals surface area (Å²) >= 11 is 3.41. The van der Waals surface area contributed by atoms with E-state index in [-0.39, 0.29) is 17.8 Å². The molecule has 0 N–H and O–H groups in total. The van der Waals surface area contributed by atoms with Crippen LogP contribution in [0, 0.1) is 5.92 Å². The van der Waals surface area contributed by atoms with Gasteiger partial charge in [0, 0.05) is 17.5 Å². The molecule has 0 fully saturated rings. The van der Waals surface area contributed by atoms with Crippen LogP contribution < -0.4 is 0 Å². The third-order valence-electron chi connectivity index (χ3n) is 2.54. The lowest BCUT2D eigenvalue weighted by Crippen LogP contribution is -2.31. The van der Waals surface area contributed by atoms with Crippen LogP contribution >= 0.6 is 15.9 Å². The topological polar surface area (TPSA) is 26.3 Å². The maximum atomic E-state index is 12.1. The van der Waals surface area contributed by atoms with Crippen LogP contribution in [-0.4, -0.2) is 18.5 Å². The summed E-state index contributed by atoms with van der Waals surface area (Å²) in [4.78, 5) is 12.1. The predicted molar refractivity (Wildman–Crippen MR) is 73.1 cm³/mol. The summed E-state index contributed by atoms with van der Waals surface area (Å²) in [6.07, 6.45) is 0.140. The molecule has 0 aliphatic carbocycles. The number of rotatable bonds is 6. The molecule has 1 rings (SSSR count). The van der Waals surface area contributed by atoms with Crippen molar-refractivity contribution in [2.24, 2.45) is 5.92 Å². The Balaban J connectivity index is 2.69. The zero-order valence-corrected chi connectivity index (χ0v) is 12.2. The fraction of sp³-hybridized carbons (Fsp3) is 0.500. The fourth-order valence-corrected chi connectivity index (χ4v) is 2.23. The Morgan fingerprint density at radius 2 is 2.12 bits per heavy atom. The molecular weight excluding hydrogens is 280 g/mol. The third-order valence-corrected chi connectivity index (χ3v) is 3.03. The number of hydrogen-bond donors (Lipinski definition) is 0. The van der Waals surface area contributed by atoms with Crippen molar-refractivity contribution >= 4 is 21.7 Å². The smallest absolute Gasteiger partial charge is 0.166 e. The number of Topliss-reactive ketones (excluding diaryl/α,β-unsaturated/α-hetero) is 1. The molecule has 2 nitrogen and oxygen atoms in total. The van der Waals surface area contributed by atoms with Gasteiger partial charge in [0.1, 0.15) is 6.10 Å². The van der Waals surface area contributed by atoms with E-state index in [2.05, 4.69) is 15.9 Å². The van der Waals surface area contributed by atoms with Crippen LogP contribution in [0.3, 0.4) is 0 Å². The Labute approximate surface area is 111 Å². The summed E-state index contributed by atoms with van der Waals surface area (Å²) in [6.45, 7) is 6.52. The zero-order valence-electron chi connectivity index (χ0n) is 10.6. The minimum atomic E-state index is -0.293. The zero-order chi connectivity index (χ0) is 12.8. The maximum Gasteiger partial charge on any atom is 0.166 e. The third kappa shape index (κ3) is 4.60. The molecule has 1 aromatic rings. The summed E-state index contributed by atoms with van der Waals surface area (Å²) in [5.74, 6) is 0.370. The van der Waals surface area contributed by atoms with Crippen molar-refractivity contribution in [3.05, 3.63) is 34.3 Å². The van der Waals surface area contributed by atoms with E-state index in [1.54, 1.807) is 0 Å². The summed E-state index contributed by atoms with van der Waals surface area (Å²) < 4.78 is 6.51. The van der Waals surface area contributed by atoms with Gasteiger partial charge in [0.2, 0.25) is 0 Å². The van der Waals surface area contributed by atoms with Gasteiger partial charge in [0.05, 0.1) is 0 Å². The van der Waals surface area contributed by atoms with Gasteiger partial charge in [-0.25, -0.2) is 0 Å². The van der Waals surface area contributed by atoms with Crippen LogP contribution in [0.25, 0.3) is 0 Å². The SMILES string of the molecule is CCOC(C(=O)Cc1cccc(Br)c1)C(C)C. The highest BCUT2D eigenvalue weighted by Crippen LogP contribution is 2.15. The minimum absolute atomic E-state index is 0.153. The van der Waals surface area contributed by atoms with Gasteiger partial charge in [-0.2, -0.15) is 0 Å². The molecule has 1 atom stereocenters. The van der Waals surface area contributed by atoms with E-state index in [4.69, 9.17) is 4.74 Å². The van der Waals surface area contributed by atoms with E-state index in [0.717, 1.165) is 10.0 Å². The van der Waals surface area contributed by atoms with E-state index in [0.29, 0.717) is 13.0 Å². The van der Waals surface area contributed by atoms with Crippen LogP contribution in [0.15, 0.2) is 28.7 Å². The minimum Gasteiger partial charge on any atom is -0.370 e. The van der Waals surface area contributed by atoms with Crippen molar-refractivity contribution in [3.8, 4) is 0 Å². The van der Waals surface area contributed by atoms with Gasteiger partial charge < -0.3 is 4.74 Å². The first kappa shape index (κ1) is 14.4. The average molecular weight is 299 g/mol. The highest BCUT2D eigenvalue weighted by atomic mass is 79.9. The van der Waals surface area contributed by atoms with Gasteiger partial charge >= 0.3 is 0 Å². The van der Waals surface area contributed by atoms with Gasteiger partial charge in [-0.15, -0.1) is 0 Å². The molecule has 17 heavy (non-hydrogen) atoms. The monoisotopic (exact) mass is 298 g/mol. The molecule has 1 aromatic carbocycles. The number of ether oxygens (including phenoxy) is 1. The quantitative estimate of drug-likeness (QED) is 0.802. The Hall–Kier alpha value is -0.670. The lowest BCUT2D eigenvalue weighted by molar-refractivity contribution is -0.132. The van der Waals surface area contributed by atoms with E-state index in [9.17, 15) is 4.79 Å². The molecule has 0 heterocycles. The van der Waals surface area contributed by atoms with Crippen LogP contribution in [-0.2, 0) is 16.0 Å². The Bertz CT molecular complexity index is 374.